The molecule has 0 fully saturated rings. The summed E-state index contributed by atoms with van der Waals surface area (Å²) in [6, 6.07) is 0.0225. The molecule has 0 amide bonds. The zero-order chi connectivity index (χ0) is 14.1. The van der Waals surface area contributed by atoms with E-state index in [-0.39, 0.29) is 16.8 Å². The molecular formula is C11H22N4O2S. The van der Waals surface area contributed by atoms with Gasteiger partial charge in [0, 0.05) is 25.9 Å². The topological polar surface area (TPSA) is 81.2 Å². The highest BCUT2D eigenvalue weighted by Gasteiger charge is 2.26. The number of aromatic nitrogens is 2. The van der Waals surface area contributed by atoms with E-state index in [1.165, 1.54) is 0 Å². The highest BCUT2D eigenvalue weighted by atomic mass is 32.2. The van der Waals surface area contributed by atoms with Gasteiger partial charge in [0.1, 0.15) is 5.82 Å². The summed E-state index contributed by atoms with van der Waals surface area (Å²) >= 11 is 0. The van der Waals surface area contributed by atoms with Gasteiger partial charge in [0.15, 0.2) is 20.6 Å². The van der Waals surface area contributed by atoms with Gasteiger partial charge in [-0.3, -0.25) is 0 Å². The number of rotatable bonds is 5. The first-order chi connectivity index (χ1) is 8.20. The van der Waals surface area contributed by atoms with Crippen LogP contribution < -0.4 is 10.6 Å². The smallest absolute Gasteiger partial charge is 0.182 e. The Hall–Kier alpha value is -1.24. The van der Waals surface area contributed by atoms with Crippen LogP contribution in [0.15, 0.2) is 4.90 Å². The van der Waals surface area contributed by atoms with Crippen LogP contribution in [0.2, 0.25) is 0 Å². The molecule has 0 saturated carbocycles. The lowest BCUT2D eigenvalue weighted by molar-refractivity contribution is 0.539. The van der Waals surface area contributed by atoms with Crippen molar-refractivity contribution in [1.82, 2.24) is 9.78 Å². The predicted molar refractivity (Wildman–Crippen MR) is 73.7 cm³/mol. The molecule has 0 radical (unpaired) electrons. The summed E-state index contributed by atoms with van der Waals surface area (Å²) in [7, 11) is -1.57. The van der Waals surface area contributed by atoms with Crippen molar-refractivity contribution < 1.29 is 8.42 Å². The molecule has 0 unspecified atom stereocenters. The van der Waals surface area contributed by atoms with Gasteiger partial charge in [0.2, 0.25) is 0 Å². The van der Waals surface area contributed by atoms with E-state index in [9.17, 15) is 8.42 Å². The van der Waals surface area contributed by atoms with Gasteiger partial charge in [0.25, 0.3) is 0 Å². The van der Waals surface area contributed by atoms with E-state index >= 15 is 0 Å². The molecule has 1 aromatic rings. The summed E-state index contributed by atoms with van der Waals surface area (Å²) in [5, 5.41) is 4.33. The average molecular weight is 274 g/mol. The molecule has 2 N–H and O–H groups in total. The maximum atomic E-state index is 11.9. The lowest BCUT2D eigenvalue weighted by Gasteiger charge is -2.16. The minimum absolute atomic E-state index is 0.0225. The van der Waals surface area contributed by atoms with Crippen LogP contribution in [-0.4, -0.2) is 38.0 Å². The lowest BCUT2D eigenvalue weighted by Crippen LogP contribution is -2.20. The van der Waals surface area contributed by atoms with E-state index in [0.29, 0.717) is 5.82 Å². The largest absolute Gasteiger partial charge is 0.383 e. The van der Waals surface area contributed by atoms with Crippen molar-refractivity contribution in [3.8, 4) is 0 Å². The third kappa shape index (κ3) is 2.77. The Morgan fingerprint density at radius 3 is 2.39 bits per heavy atom. The molecule has 0 aromatic carbocycles. The fourth-order valence-electron chi connectivity index (χ4n) is 1.86. The van der Waals surface area contributed by atoms with E-state index < -0.39 is 9.84 Å². The average Bonchev–Trinajstić information content (AvgIpc) is 2.55. The van der Waals surface area contributed by atoms with Gasteiger partial charge < -0.3 is 10.6 Å². The number of nitrogen functional groups attached to an aromatic ring is 1. The predicted octanol–water partition coefficient (Wildman–Crippen LogP) is 1.30. The second-order valence-electron chi connectivity index (χ2n) is 4.77. The summed E-state index contributed by atoms with van der Waals surface area (Å²) in [4.78, 5) is 1.96. The molecule has 6 nitrogen and oxygen atoms in total. The molecule has 0 aliphatic carbocycles. The Bertz CT molecular complexity index is 519. The molecule has 0 bridgehead atoms. The van der Waals surface area contributed by atoms with Gasteiger partial charge in [-0.25, -0.2) is 13.1 Å². The maximum absolute atomic E-state index is 11.9. The van der Waals surface area contributed by atoms with E-state index in [1.807, 2.05) is 32.7 Å². The molecule has 18 heavy (non-hydrogen) atoms. The fourth-order valence-corrected chi connectivity index (χ4v) is 2.86. The quantitative estimate of drug-likeness (QED) is 0.875. The summed E-state index contributed by atoms with van der Waals surface area (Å²) < 4.78 is 25.3. The van der Waals surface area contributed by atoms with Gasteiger partial charge in [-0.05, 0) is 20.3 Å². The minimum Gasteiger partial charge on any atom is -0.383 e. The molecule has 0 aliphatic rings. The summed E-state index contributed by atoms with van der Waals surface area (Å²) in [5.74, 6) is 0.649. The zero-order valence-electron chi connectivity index (χ0n) is 11.6. The number of hydrogen-bond donors (Lipinski definition) is 1. The maximum Gasteiger partial charge on any atom is 0.182 e. The van der Waals surface area contributed by atoms with Crippen molar-refractivity contribution in [2.75, 3.05) is 30.5 Å². The highest BCUT2D eigenvalue weighted by Crippen LogP contribution is 2.31. The van der Waals surface area contributed by atoms with Gasteiger partial charge in [0.05, 0.1) is 0 Å². The van der Waals surface area contributed by atoms with Crippen molar-refractivity contribution >= 4 is 21.5 Å². The third-order valence-electron chi connectivity index (χ3n) is 2.67. The van der Waals surface area contributed by atoms with Crippen LogP contribution in [0, 0.1) is 0 Å². The number of sulfone groups is 1. The van der Waals surface area contributed by atoms with Crippen molar-refractivity contribution in [3.05, 3.63) is 0 Å². The van der Waals surface area contributed by atoms with Crippen LogP contribution in [0.3, 0.4) is 0 Å². The Balaban J connectivity index is 3.45. The van der Waals surface area contributed by atoms with Gasteiger partial charge in [-0.1, -0.05) is 6.92 Å². The molecule has 0 saturated heterocycles. The molecule has 104 valence electrons. The van der Waals surface area contributed by atoms with Crippen LogP contribution in [0.25, 0.3) is 0 Å². The van der Waals surface area contributed by atoms with Gasteiger partial charge in [-0.15, -0.1) is 0 Å². The van der Waals surface area contributed by atoms with Crippen molar-refractivity contribution in [3.63, 3.8) is 0 Å². The second-order valence-corrected chi connectivity index (χ2v) is 6.72. The third-order valence-corrected chi connectivity index (χ3v) is 3.80. The van der Waals surface area contributed by atoms with Crippen LogP contribution in [-0.2, 0) is 9.84 Å². The molecular weight excluding hydrogens is 252 g/mol. The molecule has 1 rings (SSSR count). The fraction of sp³-hybridized carbons (Fsp3) is 0.727. The normalized spacial score (nSPS) is 12.1. The van der Waals surface area contributed by atoms with Crippen molar-refractivity contribution in [1.29, 1.82) is 0 Å². The monoisotopic (exact) mass is 274 g/mol. The molecule has 7 heteroatoms. The number of hydrogen-bond acceptors (Lipinski definition) is 5. The SMILES string of the molecule is CCCN(C)c1nn(C(C)C)c(N)c1S(C)(=O)=O. The molecule has 0 atom stereocenters. The standard InChI is InChI=1S/C11H22N4O2S/c1-6-7-14(4)11-9(18(5,16)17)10(12)15(13-11)8(2)3/h8H,6-7,12H2,1-5H3. The summed E-state index contributed by atoms with van der Waals surface area (Å²) in [6.07, 6.45) is 2.07. The first-order valence-corrected chi connectivity index (χ1v) is 7.88. The second kappa shape index (κ2) is 5.17. The van der Waals surface area contributed by atoms with Crippen LogP contribution in [0.1, 0.15) is 33.2 Å². The van der Waals surface area contributed by atoms with Gasteiger partial charge in [-0.2, -0.15) is 5.10 Å². The molecule has 0 aliphatic heterocycles. The first-order valence-electron chi connectivity index (χ1n) is 5.99. The van der Waals surface area contributed by atoms with E-state index in [1.54, 1.807) is 4.68 Å². The minimum atomic E-state index is -3.39. The molecule has 1 aromatic heterocycles. The van der Waals surface area contributed by atoms with Crippen LogP contribution >= 0.6 is 0 Å². The summed E-state index contributed by atoms with van der Waals surface area (Å²) in [6.45, 7) is 6.59. The number of anilines is 2. The first kappa shape index (κ1) is 14.8. The van der Waals surface area contributed by atoms with Crippen molar-refractivity contribution in [2.24, 2.45) is 0 Å². The number of nitrogens with zero attached hydrogens (tertiary/aromatic N) is 3. The highest BCUT2D eigenvalue weighted by molar-refractivity contribution is 7.91. The Morgan fingerprint density at radius 1 is 1.44 bits per heavy atom. The lowest BCUT2D eigenvalue weighted by atomic mass is 10.4. The van der Waals surface area contributed by atoms with E-state index in [4.69, 9.17) is 5.73 Å². The van der Waals surface area contributed by atoms with Crippen LogP contribution in [0.4, 0.5) is 11.6 Å². The molecule has 1 heterocycles. The van der Waals surface area contributed by atoms with Crippen molar-refractivity contribution in [2.45, 2.75) is 38.1 Å². The van der Waals surface area contributed by atoms with E-state index in [2.05, 4.69) is 5.10 Å². The Kier molecular flexibility index (Phi) is 4.26. The zero-order valence-corrected chi connectivity index (χ0v) is 12.5. The van der Waals surface area contributed by atoms with Gasteiger partial charge >= 0.3 is 0 Å². The summed E-state index contributed by atoms with van der Waals surface area (Å²) in [5.41, 5.74) is 5.92. The van der Waals surface area contributed by atoms with Crippen LogP contribution in [0.5, 0.6) is 0 Å². The Labute approximate surface area is 109 Å². The number of nitrogens with two attached hydrogens (primary N) is 1. The molecule has 0 spiro atoms. The van der Waals surface area contributed by atoms with E-state index in [0.717, 1.165) is 19.2 Å². The Morgan fingerprint density at radius 2 is 2.00 bits per heavy atom.